The molecule has 1 unspecified atom stereocenters. The van der Waals surface area contributed by atoms with Crippen molar-refractivity contribution >= 4 is 29.2 Å². The van der Waals surface area contributed by atoms with Gasteiger partial charge in [-0.3, -0.25) is 19.2 Å². The highest BCUT2D eigenvalue weighted by Gasteiger charge is 2.53. The van der Waals surface area contributed by atoms with Crippen LogP contribution in [0.5, 0.6) is 0 Å². The molecule has 3 aliphatic heterocycles. The van der Waals surface area contributed by atoms with Gasteiger partial charge in [0.25, 0.3) is 11.7 Å². The lowest BCUT2D eigenvalue weighted by Gasteiger charge is -2.42. The summed E-state index contributed by atoms with van der Waals surface area (Å²) < 4.78 is 41.5. The molecule has 15 atom stereocenters. The molecule has 0 spiro atoms. The second-order valence-corrected chi connectivity index (χ2v) is 20.0. The van der Waals surface area contributed by atoms with Crippen LogP contribution in [0.4, 0.5) is 0 Å². The Labute approximate surface area is 400 Å². The number of hydrogen-bond donors (Lipinski definition) is 1. The summed E-state index contributed by atoms with van der Waals surface area (Å²) >= 11 is 0. The molecule has 4 aliphatic rings. The summed E-state index contributed by atoms with van der Waals surface area (Å²) in [5.74, 6) is -7.20. The van der Waals surface area contributed by atoms with Crippen LogP contribution in [0.2, 0.25) is 0 Å². The number of methoxy groups -OCH3 is 5. The van der Waals surface area contributed by atoms with Crippen molar-refractivity contribution in [2.45, 2.75) is 180 Å². The van der Waals surface area contributed by atoms with Crippen molar-refractivity contribution in [1.82, 2.24) is 4.90 Å². The lowest BCUT2D eigenvalue weighted by atomic mass is 9.78. The van der Waals surface area contributed by atoms with Crippen LogP contribution in [0.15, 0.2) is 47.6 Å². The molecule has 67 heavy (non-hydrogen) atoms. The third-order valence-corrected chi connectivity index (χ3v) is 15.0. The van der Waals surface area contributed by atoms with E-state index >= 15 is 0 Å². The zero-order valence-electron chi connectivity index (χ0n) is 42.5. The first-order valence-corrected chi connectivity index (χ1v) is 24.7. The lowest BCUT2D eigenvalue weighted by molar-refractivity contribution is -0.265. The van der Waals surface area contributed by atoms with Crippen LogP contribution >= 0.6 is 0 Å². The average molecular weight is 942 g/mol. The standard InChI is InChI=1S/C53H83NO13/c1-32-18-14-13-15-19-33(2)44(62-9)30-40-23-21-38(7)53(60,67-40)50(57)51(58)54-25-17-16-20-41(54)52(59)66-45(35(4)28-39-22-24-43(61-8)46(29-39)63-10)31-42(55)34(3)27-37(6)48(64-11)49(65-12)47(56)36(5)26-32/h13-15,18-19,27,32,34-36,38-41,43-46,48-49,60H,16-17,20-26,28-31H2,1-12H3/b15-13?,18-14+,33-19?,37-27+/t32-,34-,35-,36-,38-,39+,40+,41+,43-,44+,45?,46-,48-,49+,53-/m1/s1. The normalized spacial score (nSPS) is 38.3. The highest BCUT2D eigenvalue weighted by Crippen LogP contribution is 2.38. The molecule has 4 rings (SSSR count). The average Bonchev–Trinajstić information content (AvgIpc) is 3.31. The molecule has 0 radical (unpaired) electrons. The van der Waals surface area contributed by atoms with Crippen LogP contribution in [-0.4, -0.2) is 136 Å². The molecule has 2 saturated heterocycles. The summed E-state index contributed by atoms with van der Waals surface area (Å²) in [6, 6.07) is -1.11. The predicted molar refractivity (Wildman–Crippen MR) is 255 cm³/mol. The van der Waals surface area contributed by atoms with E-state index in [0.29, 0.717) is 50.5 Å². The van der Waals surface area contributed by atoms with Crippen LogP contribution in [0.25, 0.3) is 0 Å². The van der Waals surface area contributed by atoms with Crippen molar-refractivity contribution < 1.29 is 62.2 Å². The van der Waals surface area contributed by atoms with Gasteiger partial charge in [-0.25, -0.2) is 4.79 Å². The Balaban J connectivity index is 1.72. The topological polar surface area (TPSA) is 173 Å². The summed E-state index contributed by atoms with van der Waals surface area (Å²) in [5, 5.41) is 12.0. The minimum absolute atomic E-state index is 0.0234. The number of fused-ring (bicyclic) bond motifs is 3. The molecule has 3 heterocycles. The largest absolute Gasteiger partial charge is 0.460 e. The summed E-state index contributed by atoms with van der Waals surface area (Å²) in [7, 11) is 7.96. The summed E-state index contributed by atoms with van der Waals surface area (Å²) in [6.45, 7) is 13.2. The number of ketones is 3. The Bertz CT molecular complexity index is 1790. The fourth-order valence-electron chi connectivity index (χ4n) is 10.7. The van der Waals surface area contributed by atoms with E-state index in [0.717, 1.165) is 24.8 Å². The number of amides is 1. The van der Waals surface area contributed by atoms with E-state index in [4.69, 9.17) is 33.2 Å². The van der Waals surface area contributed by atoms with Gasteiger partial charge in [0.1, 0.15) is 30.1 Å². The van der Waals surface area contributed by atoms with E-state index < -0.39 is 71.8 Å². The zero-order chi connectivity index (χ0) is 49.6. The van der Waals surface area contributed by atoms with Crippen LogP contribution in [-0.2, 0) is 57.1 Å². The number of rotatable bonds is 8. The van der Waals surface area contributed by atoms with Crippen molar-refractivity contribution in [3.05, 3.63) is 47.6 Å². The van der Waals surface area contributed by atoms with E-state index in [9.17, 15) is 29.1 Å². The summed E-state index contributed by atoms with van der Waals surface area (Å²) in [4.78, 5) is 72.5. The van der Waals surface area contributed by atoms with E-state index in [1.165, 1.54) is 19.1 Å². The minimum atomic E-state index is -2.41. The molecular weight excluding hydrogens is 859 g/mol. The van der Waals surface area contributed by atoms with Gasteiger partial charge < -0.3 is 43.2 Å². The smallest absolute Gasteiger partial charge is 0.329 e. The molecule has 378 valence electrons. The summed E-state index contributed by atoms with van der Waals surface area (Å²) in [5.41, 5.74) is 1.56. The van der Waals surface area contributed by atoms with Crippen molar-refractivity contribution in [2.75, 3.05) is 42.1 Å². The van der Waals surface area contributed by atoms with Gasteiger partial charge in [0.2, 0.25) is 5.79 Å². The number of aliphatic hydroxyl groups is 1. The number of allylic oxidation sites excluding steroid dienone is 6. The van der Waals surface area contributed by atoms with Crippen molar-refractivity contribution in [3.63, 3.8) is 0 Å². The molecule has 3 fully saturated rings. The van der Waals surface area contributed by atoms with Crippen LogP contribution < -0.4 is 0 Å². The molecule has 14 heteroatoms. The number of hydrogen-bond acceptors (Lipinski definition) is 13. The van der Waals surface area contributed by atoms with Crippen molar-refractivity contribution in [2.24, 2.45) is 35.5 Å². The van der Waals surface area contributed by atoms with Gasteiger partial charge in [-0.15, -0.1) is 0 Å². The Morgan fingerprint density at radius 1 is 0.776 bits per heavy atom. The maximum atomic E-state index is 14.5. The lowest BCUT2D eigenvalue weighted by Crippen LogP contribution is -2.61. The monoisotopic (exact) mass is 942 g/mol. The molecule has 0 aromatic rings. The van der Waals surface area contributed by atoms with Gasteiger partial charge in [-0.1, -0.05) is 71.1 Å². The third kappa shape index (κ3) is 14.8. The fourth-order valence-corrected chi connectivity index (χ4v) is 10.7. The van der Waals surface area contributed by atoms with E-state index in [-0.39, 0.29) is 66.8 Å². The predicted octanol–water partition coefficient (Wildman–Crippen LogP) is 7.49. The molecule has 1 amide bonds. The SMILES string of the molecule is CO[C@H]1C[C@@H]2CC[C@@H](C)[C@@](O)(O2)C(=O)C(=O)N2CCCC[C@H]2C(=O)OC([C@H](C)C[C@@H]2CC[C@@H](OC)[C@H](OC)C2)CC(=O)[C@H](C)/C=C(\C)[C@@H](OC)[C@@H](OC)C(=O)[C@H](C)C[C@H](C)/C=C/C=CC=C1C. The molecule has 1 aliphatic carbocycles. The maximum absolute atomic E-state index is 14.5. The molecule has 0 aromatic heterocycles. The Morgan fingerprint density at radius 3 is 2.13 bits per heavy atom. The molecule has 2 bridgehead atoms. The highest BCUT2D eigenvalue weighted by molar-refractivity contribution is 6.39. The van der Waals surface area contributed by atoms with Gasteiger partial charge in [0.15, 0.2) is 5.78 Å². The highest BCUT2D eigenvalue weighted by atomic mass is 16.6. The van der Waals surface area contributed by atoms with Crippen LogP contribution in [0.1, 0.15) is 126 Å². The minimum Gasteiger partial charge on any atom is -0.460 e. The van der Waals surface area contributed by atoms with Gasteiger partial charge in [0, 0.05) is 72.7 Å². The van der Waals surface area contributed by atoms with Gasteiger partial charge in [-0.2, -0.15) is 0 Å². The first kappa shape index (κ1) is 56.2. The number of carbonyl (C=O) groups is 5. The van der Waals surface area contributed by atoms with E-state index in [1.54, 1.807) is 41.3 Å². The van der Waals surface area contributed by atoms with Gasteiger partial charge in [0.05, 0.1) is 24.4 Å². The fraction of sp³-hybridized carbons (Fsp3) is 0.755. The van der Waals surface area contributed by atoms with Crippen LogP contribution in [0, 0.1) is 35.5 Å². The Kier molecular flexibility index (Phi) is 22.3. The number of piperidine rings is 1. The maximum Gasteiger partial charge on any atom is 0.329 e. The summed E-state index contributed by atoms with van der Waals surface area (Å²) in [6.07, 6.45) is 14.1. The van der Waals surface area contributed by atoms with Crippen molar-refractivity contribution in [3.8, 4) is 0 Å². The quantitative estimate of drug-likeness (QED) is 0.144. The number of esters is 1. The van der Waals surface area contributed by atoms with Crippen LogP contribution in [0.3, 0.4) is 0 Å². The second-order valence-electron chi connectivity index (χ2n) is 20.0. The molecular formula is C53H83NO13. The number of cyclic esters (lactones) is 1. The number of Topliss-reactive ketones (excluding diaryl/α,β-unsaturated/α-hetero) is 3. The number of nitrogens with zero attached hydrogens (tertiary/aromatic N) is 1. The van der Waals surface area contributed by atoms with Gasteiger partial charge >= 0.3 is 5.97 Å². The molecule has 0 aromatic carbocycles. The first-order valence-electron chi connectivity index (χ1n) is 24.7. The van der Waals surface area contributed by atoms with E-state index in [1.807, 2.05) is 58.1 Å². The Hall–Kier alpha value is -3.37. The number of carbonyl (C=O) groups excluding carboxylic acids is 5. The zero-order valence-corrected chi connectivity index (χ0v) is 42.5. The van der Waals surface area contributed by atoms with E-state index in [2.05, 4.69) is 6.92 Å². The molecule has 14 nitrogen and oxygen atoms in total. The second kappa shape index (κ2) is 26.6. The Morgan fingerprint density at radius 2 is 1.48 bits per heavy atom. The molecule has 1 N–H and O–H groups in total. The first-order chi connectivity index (χ1) is 31.8. The number of ether oxygens (including phenoxy) is 7. The van der Waals surface area contributed by atoms with Gasteiger partial charge in [-0.05, 0) is 107 Å². The molecule has 1 saturated carbocycles. The van der Waals surface area contributed by atoms with Crippen molar-refractivity contribution in [1.29, 1.82) is 0 Å². The third-order valence-electron chi connectivity index (χ3n) is 15.0.